The van der Waals surface area contributed by atoms with Crippen molar-refractivity contribution < 1.29 is 9.26 Å². The van der Waals surface area contributed by atoms with Gasteiger partial charge in [0.1, 0.15) is 11.9 Å². The normalized spacial score (nSPS) is 17.2. The van der Waals surface area contributed by atoms with Gasteiger partial charge in [-0.2, -0.15) is 9.97 Å². The van der Waals surface area contributed by atoms with Gasteiger partial charge in [-0.25, -0.2) is 0 Å². The van der Waals surface area contributed by atoms with E-state index in [-0.39, 0.29) is 12.0 Å². The molecule has 186 valence electrons. The Hall–Kier alpha value is -3.11. The molecule has 2 aromatic rings. The molecule has 10 heteroatoms. The molecule has 10 nitrogen and oxygen atoms in total. The van der Waals surface area contributed by atoms with Crippen LogP contribution in [0, 0.1) is 5.92 Å². The van der Waals surface area contributed by atoms with E-state index in [1.165, 1.54) is 0 Å². The molecule has 0 spiro atoms. The zero-order valence-electron chi connectivity index (χ0n) is 20.9. The molecule has 1 aliphatic rings. The summed E-state index contributed by atoms with van der Waals surface area (Å²) in [6, 6.07) is 3.73. The monoisotopic (exact) mass is 470 g/mol. The predicted octanol–water partition coefficient (Wildman–Crippen LogP) is 3.60. The lowest BCUT2D eigenvalue weighted by Gasteiger charge is -2.29. The first-order valence-electron chi connectivity index (χ1n) is 11.8. The number of hydrazine groups is 1. The summed E-state index contributed by atoms with van der Waals surface area (Å²) in [5.41, 5.74) is 5.13. The number of nitrogens with two attached hydrogens (primary N) is 1. The highest BCUT2D eigenvalue weighted by Crippen LogP contribution is 2.23. The number of aromatic nitrogens is 3. The first-order valence-corrected chi connectivity index (χ1v) is 11.8. The number of rotatable bonds is 11. The van der Waals surface area contributed by atoms with E-state index >= 15 is 0 Å². The number of anilines is 2. The number of nitrogens with one attached hydrogen (secondary N) is 3. The third kappa shape index (κ3) is 7.46. The molecule has 5 N–H and O–H groups in total. The van der Waals surface area contributed by atoms with E-state index in [0.29, 0.717) is 41.6 Å². The van der Waals surface area contributed by atoms with Gasteiger partial charge >= 0.3 is 0 Å². The van der Waals surface area contributed by atoms with Crippen LogP contribution in [0.1, 0.15) is 57.9 Å². The minimum absolute atomic E-state index is 0.0781. The van der Waals surface area contributed by atoms with Gasteiger partial charge in [0, 0.05) is 30.1 Å². The van der Waals surface area contributed by atoms with Gasteiger partial charge in [-0.05, 0) is 44.3 Å². The zero-order valence-corrected chi connectivity index (χ0v) is 20.9. The average Bonchev–Trinajstić information content (AvgIpc) is 3.25. The second-order valence-corrected chi connectivity index (χ2v) is 9.33. The van der Waals surface area contributed by atoms with Gasteiger partial charge in [-0.15, -0.1) is 0 Å². The molecule has 1 unspecified atom stereocenters. The maximum absolute atomic E-state index is 6.23. The second kappa shape index (κ2) is 11.8. The van der Waals surface area contributed by atoms with Crippen LogP contribution in [0.15, 0.2) is 40.7 Å². The van der Waals surface area contributed by atoms with Crippen molar-refractivity contribution in [3.63, 3.8) is 0 Å². The molecule has 3 heterocycles. The van der Waals surface area contributed by atoms with Gasteiger partial charge < -0.3 is 30.2 Å². The molecule has 3 rings (SSSR count). The number of allylic oxidation sites excluding steroid dienone is 2. The van der Waals surface area contributed by atoms with E-state index < -0.39 is 0 Å². The fourth-order valence-corrected chi connectivity index (χ4v) is 3.63. The summed E-state index contributed by atoms with van der Waals surface area (Å²) in [5.74, 6) is 8.36. The molecule has 0 radical (unpaired) electrons. The van der Waals surface area contributed by atoms with Crippen LogP contribution in [-0.4, -0.2) is 46.3 Å². The van der Waals surface area contributed by atoms with Crippen molar-refractivity contribution in [2.24, 2.45) is 11.8 Å². The Balaban J connectivity index is 1.78. The summed E-state index contributed by atoms with van der Waals surface area (Å²) >= 11 is 0. The quantitative estimate of drug-likeness (QED) is 0.220. The Morgan fingerprint density at radius 2 is 2.12 bits per heavy atom. The van der Waals surface area contributed by atoms with Crippen molar-refractivity contribution in [3.8, 4) is 5.88 Å². The van der Waals surface area contributed by atoms with Crippen molar-refractivity contribution in [3.05, 3.63) is 47.6 Å². The highest BCUT2D eigenvalue weighted by atomic mass is 16.5. The second-order valence-electron chi connectivity index (χ2n) is 9.33. The Bertz CT molecular complexity index is 985. The Morgan fingerprint density at radius 1 is 1.32 bits per heavy atom. The van der Waals surface area contributed by atoms with Crippen LogP contribution >= 0.6 is 0 Å². The molecule has 2 aromatic heterocycles. The van der Waals surface area contributed by atoms with Gasteiger partial charge in [0.2, 0.25) is 11.8 Å². The summed E-state index contributed by atoms with van der Waals surface area (Å²) in [5, 5.41) is 10.5. The topological polar surface area (TPSA) is 126 Å². The summed E-state index contributed by atoms with van der Waals surface area (Å²) < 4.78 is 11.7. The van der Waals surface area contributed by atoms with Crippen LogP contribution < -0.4 is 26.6 Å². The molecule has 1 atom stereocenters. The van der Waals surface area contributed by atoms with E-state index in [0.717, 1.165) is 37.3 Å². The molecular formula is C24H38N8O2. The van der Waals surface area contributed by atoms with Crippen LogP contribution in [0.5, 0.6) is 5.88 Å². The number of likely N-dealkylation sites (tertiary alicyclic amines) is 1. The van der Waals surface area contributed by atoms with Crippen molar-refractivity contribution in [1.82, 2.24) is 25.5 Å². The lowest BCUT2D eigenvalue weighted by atomic mass is 10.1. The number of hydrogen-bond acceptors (Lipinski definition) is 10. The molecule has 0 saturated carbocycles. The third-order valence-corrected chi connectivity index (χ3v) is 5.57. The first-order chi connectivity index (χ1) is 16.2. The molecule has 1 saturated heterocycles. The molecule has 0 aromatic carbocycles. The smallest absolute Gasteiger partial charge is 0.228 e. The predicted molar refractivity (Wildman–Crippen MR) is 134 cm³/mol. The summed E-state index contributed by atoms with van der Waals surface area (Å²) in [6.07, 6.45) is 4.02. The Labute approximate surface area is 202 Å². The third-order valence-electron chi connectivity index (χ3n) is 5.57. The standard InChI is InChI=1S/C24H38N8O2/c1-15(2)20(30-25)10-17(5)27-22-12-23(33-18-8-7-9-32(6)14-18)29-24(28-22)26-13-19-11-21(16(3)4)31-34-19/h10-12,15-16,18,30H,5,7-9,13-14,25H2,1-4,6H3,(H2,26,27,28,29)/b20-10-. The molecule has 34 heavy (non-hydrogen) atoms. The molecule has 0 amide bonds. The number of nitrogens with zero attached hydrogens (tertiary/aromatic N) is 4. The number of ether oxygens (including phenoxy) is 1. The largest absolute Gasteiger partial charge is 0.473 e. The summed E-state index contributed by atoms with van der Waals surface area (Å²) in [4.78, 5) is 11.4. The van der Waals surface area contributed by atoms with Gasteiger partial charge in [0.15, 0.2) is 5.76 Å². The molecule has 1 fully saturated rings. The minimum atomic E-state index is 0.0781. The van der Waals surface area contributed by atoms with E-state index in [1.807, 2.05) is 26.0 Å². The van der Waals surface area contributed by atoms with Crippen LogP contribution in [0.2, 0.25) is 0 Å². The average molecular weight is 471 g/mol. The van der Waals surface area contributed by atoms with Crippen LogP contribution in [0.4, 0.5) is 11.8 Å². The fraction of sp³-hybridized carbons (Fsp3) is 0.542. The molecule has 1 aliphatic heterocycles. The van der Waals surface area contributed by atoms with Gasteiger partial charge in [-0.1, -0.05) is 39.4 Å². The lowest BCUT2D eigenvalue weighted by Crippen LogP contribution is -2.38. The van der Waals surface area contributed by atoms with Crippen molar-refractivity contribution in [2.75, 3.05) is 30.8 Å². The van der Waals surface area contributed by atoms with Crippen molar-refractivity contribution in [2.45, 2.75) is 59.1 Å². The van der Waals surface area contributed by atoms with Gasteiger partial charge in [-0.3, -0.25) is 5.84 Å². The maximum Gasteiger partial charge on any atom is 0.228 e. The Kier molecular flexibility index (Phi) is 8.89. The first kappa shape index (κ1) is 25.5. The number of piperidine rings is 1. The van der Waals surface area contributed by atoms with Crippen LogP contribution in [-0.2, 0) is 6.54 Å². The van der Waals surface area contributed by atoms with E-state index in [1.54, 1.807) is 6.07 Å². The molecular weight excluding hydrogens is 432 g/mol. The van der Waals surface area contributed by atoms with Crippen LogP contribution in [0.25, 0.3) is 0 Å². The number of hydrogen-bond donors (Lipinski definition) is 4. The zero-order chi connectivity index (χ0) is 24.7. The van der Waals surface area contributed by atoms with E-state index in [2.05, 4.69) is 63.6 Å². The Morgan fingerprint density at radius 3 is 2.76 bits per heavy atom. The van der Waals surface area contributed by atoms with Crippen LogP contribution in [0.3, 0.4) is 0 Å². The summed E-state index contributed by atoms with van der Waals surface area (Å²) in [7, 11) is 2.10. The van der Waals surface area contributed by atoms with Crippen molar-refractivity contribution in [1.29, 1.82) is 0 Å². The highest BCUT2D eigenvalue weighted by Gasteiger charge is 2.20. The SMILES string of the molecule is C=C(/C=C(\NN)C(C)C)Nc1cc(OC2CCCN(C)C2)nc(NCc2cc(C(C)C)no2)n1. The minimum Gasteiger partial charge on any atom is -0.473 e. The van der Waals surface area contributed by atoms with Gasteiger partial charge in [0.25, 0.3) is 0 Å². The summed E-state index contributed by atoms with van der Waals surface area (Å²) in [6.45, 7) is 14.7. The number of likely N-dealkylation sites (N-methyl/N-ethyl adjacent to an activating group) is 1. The fourth-order valence-electron chi connectivity index (χ4n) is 3.63. The van der Waals surface area contributed by atoms with Gasteiger partial charge in [0.05, 0.1) is 12.2 Å². The highest BCUT2D eigenvalue weighted by molar-refractivity contribution is 5.50. The van der Waals surface area contributed by atoms with E-state index in [9.17, 15) is 0 Å². The molecule has 0 aliphatic carbocycles. The lowest BCUT2D eigenvalue weighted by molar-refractivity contribution is 0.100. The molecule has 0 bridgehead atoms. The maximum atomic E-state index is 6.23. The van der Waals surface area contributed by atoms with E-state index in [4.69, 9.17) is 15.1 Å². The van der Waals surface area contributed by atoms with Crippen molar-refractivity contribution >= 4 is 11.8 Å².